The summed E-state index contributed by atoms with van der Waals surface area (Å²) in [5, 5.41) is 0.556. The minimum atomic E-state index is -1.73. The molecule has 0 spiro atoms. The monoisotopic (exact) mass is 240 g/mol. The van der Waals surface area contributed by atoms with E-state index in [9.17, 15) is 0 Å². The molecule has 14 heavy (non-hydrogen) atoms. The lowest BCUT2D eigenvalue weighted by Crippen LogP contribution is -2.27. The quantitative estimate of drug-likeness (QED) is 0.526. The Labute approximate surface area is 93.7 Å². The van der Waals surface area contributed by atoms with Crippen LogP contribution >= 0.6 is 11.6 Å². The van der Waals surface area contributed by atoms with Gasteiger partial charge in [0.1, 0.15) is 0 Å². The minimum absolute atomic E-state index is 0.556. The second kappa shape index (κ2) is 9.92. The Morgan fingerprint density at radius 1 is 1.00 bits per heavy atom. The van der Waals surface area contributed by atoms with Crippen molar-refractivity contribution in [1.29, 1.82) is 0 Å². The molecule has 0 aliphatic heterocycles. The van der Waals surface area contributed by atoms with Crippen molar-refractivity contribution in [3.8, 4) is 0 Å². The molecule has 86 valence electrons. The summed E-state index contributed by atoms with van der Waals surface area (Å²) in [6, 6.07) is 0. The van der Waals surface area contributed by atoms with Crippen LogP contribution in [0.4, 0.5) is 0 Å². The molecule has 0 bridgehead atoms. The molecule has 1 aliphatic rings. The Kier molecular flexibility index (Phi) is 10.2. The molecule has 1 rings (SSSR count). The van der Waals surface area contributed by atoms with Crippen LogP contribution in [0, 0.1) is 0 Å². The number of hydrogen-bond acceptors (Lipinski definition) is 3. The van der Waals surface area contributed by atoms with Crippen LogP contribution in [0.1, 0.15) is 33.6 Å². The zero-order valence-electron chi connectivity index (χ0n) is 9.29. The summed E-state index contributed by atoms with van der Waals surface area (Å²) in [4.78, 5) is 0. The third-order valence-electron chi connectivity index (χ3n) is 1.42. The van der Waals surface area contributed by atoms with Crippen molar-refractivity contribution in [1.82, 2.24) is 0 Å². The highest BCUT2D eigenvalue weighted by Crippen LogP contribution is 2.25. The Morgan fingerprint density at radius 3 is 1.43 bits per heavy atom. The SMILES string of the molecule is CCO[SiH](OCC)OCC.ClC1CC1. The molecule has 1 fully saturated rings. The summed E-state index contributed by atoms with van der Waals surface area (Å²) in [5.74, 6) is 0. The van der Waals surface area contributed by atoms with E-state index in [4.69, 9.17) is 24.9 Å². The van der Waals surface area contributed by atoms with E-state index in [1.807, 2.05) is 20.8 Å². The van der Waals surface area contributed by atoms with Crippen molar-refractivity contribution in [3.63, 3.8) is 0 Å². The van der Waals surface area contributed by atoms with Crippen LogP contribution in [0.15, 0.2) is 0 Å². The van der Waals surface area contributed by atoms with Crippen molar-refractivity contribution in [2.75, 3.05) is 19.8 Å². The first-order chi connectivity index (χ1) is 6.74. The molecule has 1 saturated carbocycles. The van der Waals surface area contributed by atoms with E-state index >= 15 is 0 Å². The van der Waals surface area contributed by atoms with Gasteiger partial charge in [0.15, 0.2) is 0 Å². The van der Waals surface area contributed by atoms with E-state index < -0.39 is 9.53 Å². The van der Waals surface area contributed by atoms with Crippen LogP contribution in [0.3, 0.4) is 0 Å². The lowest BCUT2D eigenvalue weighted by molar-refractivity contribution is 0.107. The maximum atomic E-state index is 5.39. The van der Waals surface area contributed by atoms with E-state index in [-0.39, 0.29) is 0 Å². The lowest BCUT2D eigenvalue weighted by Gasteiger charge is -2.12. The molecule has 0 saturated heterocycles. The molecular weight excluding hydrogens is 220 g/mol. The van der Waals surface area contributed by atoms with Gasteiger partial charge in [-0.3, -0.25) is 0 Å². The van der Waals surface area contributed by atoms with Crippen LogP contribution in [-0.2, 0) is 13.3 Å². The summed E-state index contributed by atoms with van der Waals surface area (Å²) in [6.45, 7) is 7.86. The number of alkyl halides is 1. The maximum absolute atomic E-state index is 5.39. The molecule has 1 aliphatic carbocycles. The molecule has 0 radical (unpaired) electrons. The number of rotatable bonds is 6. The standard InChI is InChI=1S/C6H16O3Si.C3H5Cl/c1-4-7-10(8-5-2)9-6-3;4-3-1-2-3/h10H,4-6H2,1-3H3;3H,1-2H2. The van der Waals surface area contributed by atoms with Crippen molar-refractivity contribution in [2.45, 2.75) is 39.0 Å². The third-order valence-corrected chi connectivity index (χ3v) is 3.67. The average Bonchev–Trinajstić information content (AvgIpc) is 2.90. The second-order valence-corrected chi connectivity index (χ2v) is 5.02. The summed E-state index contributed by atoms with van der Waals surface area (Å²) >= 11 is 5.39. The molecule has 0 aromatic heterocycles. The van der Waals surface area contributed by atoms with Crippen molar-refractivity contribution in [3.05, 3.63) is 0 Å². The second-order valence-electron chi connectivity index (χ2n) is 2.83. The first-order valence-electron chi connectivity index (χ1n) is 5.23. The Bertz CT molecular complexity index is 108. The highest BCUT2D eigenvalue weighted by molar-refractivity contribution is 6.36. The highest BCUT2D eigenvalue weighted by Gasteiger charge is 2.16. The van der Waals surface area contributed by atoms with Gasteiger partial charge >= 0.3 is 9.53 Å². The fourth-order valence-electron chi connectivity index (χ4n) is 0.616. The van der Waals surface area contributed by atoms with Gasteiger partial charge in [0.2, 0.25) is 0 Å². The van der Waals surface area contributed by atoms with E-state index in [0.29, 0.717) is 25.2 Å². The van der Waals surface area contributed by atoms with Crippen LogP contribution < -0.4 is 0 Å². The zero-order chi connectivity index (χ0) is 10.8. The van der Waals surface area contributed by atoms with E-state index in [2.05, 4.69) is 0 Å². The summed E-state index contributed by atoms with van der Waals surface area (Å²) in [7, 11) is -1.73. The summed E-state index contributed by atoms with van der Waals surface area (Å²) in [5.41, 5.74) is 0. The largest absolute Gasteiger partial charge is 0.484 e. The molecule has 0 unspecified atom stereocenters. The topological polar surface area (TPSA) is 27.7 Å². The average molecular weight is 241 g/mol. The van der Waals surface area contributed by atoms with Gasteiger partial charge in [-0.25, -0.2) is 0 Å². The van der Waals surface area contributed by atoms with Gasteiger partial charge in [-0.2, -0.15) is 0 Å². The Balaban J connectivity index is 0.000000344. The van der Waals surface area contributed by atoms with Crippen LogP contribution in [0.25, 0.3) is 0 Å². The van der Waals surface area contributed by atoms with Gasteiger partial charge in [0.05, 0.1) is 0 Å². The molecule has 3 nitrogen and oxygen atoms in total. The lowest BCUT2D eigenvalue weighted by atomic mass is 10.9. The molecule has 0 aromatic rings. The molecule has 0 atom stereocenters. The number of hydrogen-bond donors (Lipinski definition) is 0. The summed E-state index contributed by atoms with van der Waals surface area (Å²) in [6.07, 6.45) is 2.50. The van der Waals surface area contributed by atoms with Gasteiger partial charge in [-0.15, -0.1) is 11.6 Å². The van der Waals surface area contributed by atoms with Crippen LogP contribution in [0.5, 0.6) is 0 Å². The predicted molar refractivity (Wildman–Crippen MR) is 60.9 cm³/mol. The molecule has 0 amide bonds. The van der Waals surface area contributed by atoms with Crippen molar-refractivity contribution in [2.24, 2.45) is 0 Å². The Morgan fingerprint density at radius 2 is 1.29 bits per heavy atom. The molecule has 0 N–H and O–H groups in total. The Hall–Kier alpha value is 0.387. The molecule has 0 heterocycles. The highest BCUT2D eigenvalue weighted by atomic mass is 35.5. The van der Waals surface area contributed by atoms with Crippen molar-refractivity contribution < 1.29 is 13.3 Å². The summed E-state index contributed by atoms with van der Waals surface area (Å²) < 4.78 is 15.7. The van der Waals surface area contributed by atoms with Gasteiger partial charge in [0.25, 0.3) is 0 Å². The van der Waals surface area contributed by atoms with Gasteiger partial charge in [-0.05, 0) is 33.6 Å². The van der Waals surface area contributed by atoms with Gasteiger partial charge in [0, 0.05) is 25.2 Å². The zero-order valence-corrected chi connectivity index (χ0v) is 11.2. The minimum Gasteiger partial charge on any atom is -0.376 e. The predicted octanol–water partition coefficient (Wildman–Crippen LogP) is 2.20. The third kappa shape index (κ3) is 10.5. The molecular formula is C9H21ClO3Si. The van der Waals surface area contributed by atoms with E-state index in [1.165, 1.54) is 12.8 Å². The maximum Gasteiger partial charge on any atom is 0.484 e. The molecule has 0 aromatic carbocycles. The van der Waals surface area contributed by atoms with Gasteiger partial charge < -0.3 is 13.3 Å². The molecule has 5 heteroatoms. The fourth-order valence-corrected chi connectivity index (χ4v) is 1.85. The number of halogens is 1. The fraction of sp³-hybridized carbons (Fsp3) is 1.00. The first kappa shape index (κ1) is 14.4. The van der Waals surface area contributed by atoms with Gasteiger partial charge in [-0.1, -0.05) is 0 Å². The first-order valence-corrected chi connectivity index (χ1v) is 7.08. The van der Waals surface area contributed by atoms with E-state index in [1.54, 1.807) is 0 Å². The smallest absolute Gasteiger partial charge is 0.376 e. The van der Waals surface area contributed by atoms with Crippen molar-refractivity contribution >= 4 is 21.1 Å². The van der Waals surface area contributed by atoms with E-state index in [0.717, 1.165) is 0 Å². The normalized spacial score (nSPS) is 15.2. The van der Waals surface area contributed by atoms with Crippen LogP contribution in [-0.4, -0.2) is 34.7 Å². The van der Waals surface area contributed by atoms with Crippen LogP contribution in [0.2, 0.25) is 0 Å².